The van der Waals surface area contributed by atoms with Gasteiger partial charge in [-0.1, -0.05) is 12.1 Å². The number of Topliss-reactive ketones (excluding diaryl/α,β-unsaturated/α-hetero) is 1. The Morgan fingerprint density at radius 2 is 1.75 bits per heavy atom. The molecule has 1 aromatic heterocycles. The number of ether oxygens (including phenoxy) is 2. The van der Waals surface area contributed by atoms with Crippen LogP contribution in [0.3, 0.4) is 0 Å². The van der Waals surface area contributed by atoms with E-state index in [0.717, 1.165) is 35.4 Å². The number of hydrogen-bond acceptors (Lipinski definition) is 6. The second-order valence-electron chi connectivity index (χ2n) is 11.6. The number of halogens is 1. The molecule has 44 heavy (non-hydrogen) atoms. The molecule has 1 saturated heterocycles. The number of fused-ring (bicyclic) bond motifs is 2. The zero-order chi connectivity index (χ0) is 29.9. The summed E-state index contributed by atoms with van der Waals surface area (Å²) in [5, 5.41) is 11.2. The van der Waals surface area contributed by atoms with Gasteiger partial charge in [0.1, 0.15) is 22.9 Å². The fourth-order valence-corrected chi connectivity index (χ4v) is 6.37. The Hall–Kier alpha value is -3.79. The quantitative estimate of drug-likeness (QED) is 0.295. The molecule has 2 fully saturated rings. The minimum atomic E-state index is -1.36. The third-order valence-electron chi connectivity index (χ3n) is 8.88. The summed E-state index contributed by atoms with van der Waals surface area (Å²) in [5.74, 6) is -0.819. The first-order valence-corrected chi connectivity index (χ1v) is 14.4. The molecule has 8 nitrogen and oxygen atoms in total. The van der Waals surface area contributed by atoms with E-state index in [1.54, 1.807) is 42.5 Å². The molecule has 1 amide bonds. The fraction of sp³-hybridized carbons (Fsp3) is 0.294. The van der Waals surface area contributed by atoms with E-state index < -0.39 is 23.0 Å². The van der Waals surface area contributed by atoms with E-state index in [9.17, 15) is 23.9 Å². The van der Waals surface area contributed by atoms with Crippen molar-refractivity contribution in [3.63, 3.8) is 0 Å². The Balaban J connectivity index is 0.00000343. The second-order valence-corrected chi connectivity index (χ2v) is 11.6. The van der Waals surface area contributed by atoms with Crippen LogP contribution in [0.4, 0.5) is 4.39 Å². The van der Waals surface area contributed by atoms with Gasteiger partial charge in [-0.25, -0.2) is 9.18 Å². The molecule has 2 aliphatic heterocycles. The van der Waals surface area contributed by atoms with Crippen LogP contribution in [0.5, 0.6) is 11.5 Å². The maximum atomic E-state index is 13.9. The number of amides is 1. The van der Waals surface area contributed by atoms with Gasteiger partial charge in [0.05, 0.1) is 30.4 Å². The van der Waals surface area contributed by atoms with Gasteiger partial charge in [-0.3, -0.25) is 14.6 Å². The first-order valence-electron chi connectivity index (χ1n) is 14.4. The molecule has 220 valence electrons. The van der Waals surface area contributed by atoms with Crippen LogP contribution in [0.25, 0.3) is 21.9 Å². The molecule has 4 aromatic rings. The van der Waals surface area contributed by atoms with Gasteiger partial charge in [0.15, 0.2) is 5.78 Å². The summed E-state index contributed by atoms with van der Waals surface area (Å²) in [6, 6.07) is 14.6. The normalized spacial score (nSPS) is 17.0. The summed E-state index contributed by atoms with van der Waals surface area (Å²) >= 11 is 0. The third-order valence-corrected chi connectivity index (χ3v) is 8.88. The minimum absolute atomic E-state index is 0. The Bertz CT molecular complexity index is 1830. The first kappa shape index (κ1) is 30.2. The maximum absolute atomic E-state index is 13.9. The number of likely N-dealkylation sites (tertiary alicyclic amines) is 1. The first-order chi connectivity index (χ1) is 20.7. The number of carbonyl (C=O) groups excluding carboxylic acids is 2. The predicted octanol–water partition coefficient (Wildman–Crippen LogP) is 5.62. The van der Waals surface area contributed by atoms with Crippen LogP contribution in [-0.4, -0.2) is 88.0 Å². The Kier molecular flexibility index (Phi) is 7.98. The van der Waals surface area contributed by atoms with E-state index in [-0.39, 0.29) is 47.7 Å². The van der Waals surface area contributed by atoms with Crippen molar-refractivity contribution in [1.29, 1.82) is 0 Å². The Morgan fingerprint density at radius 1 is 1.02 bits per heavy atom. The molecular formula is C34H30FN2NaO6. The molecule has 10 heteroatoms. The number of benzene rings is 3. The number of hydrogen-bond donors (Lipinski definition) is 1. The molecule has 1 aliphatic carbocycles. The average Bonchev–Trinajstić information content (AvgIpc) is 3.86. The summed E-state index contributed by atoms with van der Waals surface area (Å²) < 4.78 is 26.0. The van der Waals surface area contributed by atoms with Crippen molar-refractivity contribution >= 4 is 58.0 Å². The van der Waals surface area contributed by atoms with Crippen LogP contribution >= 0.6 is 0 Å². The summed E-state index contributed by atoms with van der Waals surface area (Å²) in [6.07, 6.45) is 5.18. The van der Waals surface area contributed by atoms with Crippen molar-refractivity contribution in [3.8, 4) is 22.6 Å². The predicted molar refractivity (Wildman–Crippen MR) is 164 cm³/mol. The number of piperidine rings is 1. The van der Waals surface area contributed by atoms with E-state index in [1.807, 2.05) is 12.1 Å². The Morgan fingerprint density at radius 3 is 2.45 bits per heavy atom. The summed E-state index contributed by atoms with van der Waals surface area (Å²) in [4.78, 5) is 44.8. The van der Waals surface area contributed by atoms with Crippen molar-refractivity contribution < 1.29 is 33.4 Å². The average molecular weight is 605 g/mol. The summed E-state index contributed by atoms with van der Waals surface area (Å²) in [7, 11) is 1.61. The van der Waals surface area contributed by atoms with Crippen molar-refractivity contribution in [2.75, 3.05) is 20.2 Å². The van der Waals surface area contributed by atoms with Gasteiger partial charge in [0, 0.05) is 54.4 Å². The zero-order valence-electron chi connectivity index (χ0n) is 23.6. The number of carboxylic acid groups (broad SMARTS) is 1. The molecule has 0 atom stereocenters. The number of aromatic nitrogens is 1. The molecule has 1 N–H and O–H groups in total. The van der Waals surface area contributed by atoms with Crippen LogP contribution in [0.2, 0.25) is 0 Å². The van der Waals surface area contributed by atoms with Crippen molar-refractivity contribution in [2.24, 2.45) is 0 Å². The molecular weight excluding hydrogens is 574 g/mol. The number of ketones is 1. The van der Waals surface area contributed by atoms with Gasteiger partial charge < -0.3 is 19.5 Å². The molecule has 3 aromatic carbocycles. The van der Waals surface area contributed by atoms with E-state index in [2.05, 4.69) is 4.98 Å². The summed E-state index contributed by atoms with van der Waals surface area (Å²) in [6.45, 7) is 0.881. The molecule has 3 heterocycles. The standard InChI is InChI=1S/C34H29FN2O6.Na.H/c1-42-30-17-22(16-24-23(30)8-11-36-31(24)19-2-3-19)32(39)37-12-9-34(10-13-37)18-28(38)26-15-21(5-7-29(26)43-34)20-4-6-27(35)25(14-20)33(40)41;;/h4-8,11,14-17,19H,2-3,9-10,12-13,18H2,1H3,(H,40,41);;. The van der Waals surface area contributed by atoms with Crippen LogP contribution in [-0.2, 0) is 0 Å². The second kappa shape index (κ2) is 11.6. The fourth-order valence-electron chi connectivity index (χ4n) is 6.37. The number of nitrogens with zero attached hydrogens (tertiary/aromatic N) is 2. The molecule has 3 aliphatic rings. The SMILES string of the molecule is COc1cc(C(=O)N2CCC3(CC2)CC(=O)c2cc(-c4ccc(F)c(C(=O)O)c4)ccc2O3)cc2c(C3CC3)nccc12.[NaH]. The summed E-state index contributed by atoms with van der Waals surface area (Å²) in [5.41, 5.74) is 1.93. The zero-order valence-corrected chi connectivity index (χ0v) is 23.6. The molecule has 0 bridgehead atoms. The molecule has 0 unspecified atom stereocenters. The Labute approximate surface area is 275 Å². The third kappa shape index (κ3) is 5.38. The van der Waals surface area contributed by atoms with Crippen LogP contribution in [0.1, 0.15) is 74.8 Å². The van der Waals surface area contributed by atoms with Gasteiger partial charge in [0.25, 0.3) is 5.91 Å². The van der Waals surface area contributed by atoms with Gasteiger partial charge in [-0.15, -0.1) is 0 Å². The van der Waals surface area contributed by atoms with Gasteiger partial charge >= 0.3 is 35.5 Å². The number of pyridine rings is 1. The molecule has 0 radical (unpaired) electrons. The van der Waals surface area contributed by atoms with Crippen LogP contribution in [0.15, 0.2) is 60.8 Å². The monoisotopic (exact) mass is 604 g/mol. The van der Waals surface area contributed by atoms with E-state index in [0.29, 0.717) is 65.6 Å². The van der Waals surface area contributed by atoms with Crippen molar-refractivity contribution in [3.05, 3.63) is 89.0 Å². The molecule has 1 spiro atoms. The van der Waals surface area contributed by atoms with Gasteiger partial charge in [0.2, 0.25) is 0 Å². The topological polar surface area (TPSA) is 106 Å². The number of carboxylic acids is 1. The van der Waals surface area contributed by atoms with E-state index in [4.69, 9.17) is 9.47 Å². The van der Waals surface area contributed by atoms with Gasteiger partial charge in [-0.2, -0.15) is 0 Å². The number of methoxy groups -OCH3 is 1. The van der Waals surface area contributed by atoms with Crippen molar-refractivity contribution in [2.45, 2.75) is 43.6 Å². The number of rotatable bonds is 5. The van der Waals surface area contributed by atoms with Crippen molar-refractivity contribution in [1.82, 2.24) is 9.88 Å². The number of aromatic carboxylic acids is 1. The number of carbonyl (C=O) groups is 3. The molecule has 1 saturated carbocycles. The van der Waals surface area contributed by atoms with Crippen LogP contribution in [0, 0.1) is 5.82 Å². The van der Waals surface area contributed by atoms with Crippen LogP contribution < -0.4 is 9.47 Å². The van der Waals surface area contributed by atoms with Gasteiger partial charge in [-0.05, 0) is 66.4 Å². The van der Waals surface area contributed by atoms with E-state index in [1.165, 1.54) is 12.1 Å². The molecule has 7 rings (SSSR count). The van der Waals surface area contributed by atoms with E-state index >= 15 is 0 Å².